The van der Waals surface area contributed by atoms with E-state index in [1.54, 1.807) is 0 Å². The third-order valence-corrected chi connectivity index (χ3v) is 4.50. The van der Waals surface area contributed by atoms with Crippen molar-refractivity contribution < 1.29 is 22.6 Å². The van der Waals surface area contributed by atoms with E-state index in [4.69, 9.17) is 9.47 Å². The van der Waals surface area contributed by atoms with Crippen LogP contribution >= 0.6 is 0 Å². The predicted molar refractivity (Wildman–Crippen MR) is 76.7 cm³/mol. The minimum atomic E-state index is -4.54. The van der Waals surface area contributed by atoms with E-state index < -0.39 is 11.9 Å². The zero-order valence-corrected chi connectivity index (χ0v) is 12.8. The molecular weight excluding hydrogens is 327 g/mol. The SMILES string of the molecule is FC(F)(F)c1cc(N2CCOC3(CCOCC3)C2)n2ncnc2n1. The summed E-state index contributed by atoms with van der Waals surface area (Å²) in [6.07, 6.45) is -1.88. The first-order valence-electron chi connectivity index (χ1n) is 7.72. The maximum atomic E-state index is 13.1. The number of fused-ring (bicyclic) bond motifs is 1. The van der Waals surface area contributed by atoms with Crippen molar-refractivity contribution >= 4 is 11.6 Å². The number of morpholine rings is 1. The van der Waals surface area contributed by atoms with Crippen molar-refractivity contribution in [2.45, 2.75) is 24.6 Å². The molecule has 2 aromatic heterocycles. The molecule has 0 bridgehead atoms. The molecule has 0 radical (unpaired) electrons. The molecule has 2 fully saturated rings. The van der Waals surface area contributed by atoms with Crippen LogP contribution < -0.4 is 4.90 Å². The van der Waals surface area contributed by atoms with E-state index in [1.807, 2.05) is 4.90 Å². The number of aromatic nitrogens is 4. The number of anilines is 1. The van der Waals surface area contributed by atoms with E-state index in [0.29, 0.717) is 38.7 Å². The molecule has 2 saturated heterocycles. The van der Waals surface area contributed by atoms with Crippen LogP contribution in [-0.4, -0.2) is 58.1 Å². The van der Waals surface area contributed by atoms with Crippen molar-refractivity contribution in [3.63, 3.8) is 0 Å². The fraction of sp³-hybridized carbons (Fsp3) is 0.643. The van der Waals surface area contributed by atoms with Crippen LogP contribution in [0.2, 0.25) is 0 Å². The van der Waals surface area contributed by atoms with Gasteiger partial charge in [0, 0.05) is 45.2 Å². The molecule has 4 heterocycles. The number of nitrogens with zero attached hydrogens (tertiary/aromatic N) is 5. The van der Waals surface area contributed by atoms with E-state index in [-0.39, 0.29) is 11.4 Å². The highest BCUT2D eigenvalue weighted by Crippen LogP contribution is 2.34. The van der Waals surface area contributed by atoms with Crippen molar-refractivity contribution in [2.24, 2.45) is 0 Å². The maximum Gasteiger partial charge on any atom is 0.433 e. The van der Waals surface area contributed by atoms with Gasteiger partial charge in [0.2, 0.25) is 0 Å². The standard InChI is InChI=1S/C14H16F3N5O2/c15-14(16,17)10-7-11(22-12(20-10)18-9-19-22)21-3-6-24-13(8-21)1-4-23-5-2-13/h7,9H,1-6,8H2. The van der Waals surface area contributed by atoms with Crippen LogP contribution in [0.4, 0.5) is 19.0 Å². The number of rotatable bonds is 1. The lowest BCUT2D eigenvalue weighted by molar-refractivity contribution is -0.141. The Kier molecular flexibility index (Phi) is 3.61. The van der Waals surface area contributed by atoms with Gasteiger partial charge in [-0.1, -0.05) is 0 Å². The Morgan fingerprint density at radius 3 is 2.71 bits per heavy atom. The smallest absolute Gasteiger partial charge is 0.381 e. The van der Waals surface area contributed by atoms with Gasteiger partial charge in [0.25, 0.3) is 5.78 Å². The van der Waals surface area contributed by atoms with E-state index in [1.165, 1.54) is 10.8 Å². The molecule has 2 aromatic rings. The number of hydrogen-bond donors (Lipinski definition) is 0. The first-order valence-corrected chi connectivity index (χ1v) is 7.72. The zero-order chi connectivity index (χ0) is 16.8. The average molecular weight is 343 g/mol. The molecule has 4 rings (SSSR count). The third-order valence-electron chi connectivity index (χ3n) is 4.50. The summed E-state index contributed by atoms with van der Waals surface area (Å²) in [5.74, 6) is 0.270. The van der Waals surface area contributed by atoms with E-state index in [2.05, 4.69) is 15.1 Å². The fourth-order valence-electron chi connectivity index (χ4n) is 3.25. The number of ether oxygens (including phenoxy) is 2. The number of halogens is 3. The molecule has 24 heavy (non-hydrogen) atoms. The van der Waals surface area contributed by atoms with Crippen molar-refractivity contribution in [1.82, 2.24) is 19.6 Å². The molecule has 0 N–H and O–H groups in total. The van der Waals surface area contributed by atoms with Gasteiger partial charge in [0.1, 0.15) is 12.1 Å². The highest BCUT2D eigenvalue weighted by molar-refractivity contribution is 5.48. The Hall–Kier alpha value is -1.94. The monoisotopic (exact) mass is 343 g/mol. The van der Waals surface area contributed by atoms with Crippen molar-refractivity contribution in [1.29, 1.82) is 0 Å². The molecule has 2 aliphatic rings. The maximum absolute atomic E-state index is 13.1. The first-order chi connectivity index (χ1) is 11.5. The van der Waals surface area contributed by atoms with Crippen LogP contribution in [0.15, 0.2) is 12.4 Å². The molecule has 10 heteroatoms. The van der Waals surface area contributed by atoms with Gasteiger partial charge in [-0.2, -0.15) is 27.8 Å². The van der Waals surface area contributed by atoms with Gasteiger partial charge in [0.15, 0.2) is 5.69 Å². The summed E-state index contributed by atoms with van der Waals surface area (Å²) in [6.45, 7) is 2.61. The molecule has 0 aromatic carbocycles. The summed E-state index contributed by atoms with van der Waals surface area (Å²) < 4.78 is 52.1. The van der Waals surface area contributed by atoms with Gasteiger partial charge < -0.3 is 14.4 Å². The Bertz CT molecular complexity index is 736. The topological polar surface area (TPSA) is 64.8 Å². The summed E-state index contributed by atoms with van der Waals surface area (Å²) >= 11 is 0. The average Bonchev–Trinajstić information content (AvgIpc) is 3.02. The Morgan fingerprint density at radius 1 is 1.17 bits per heavy atom. The van der Waals surface area contributed by atoms with E-state index in [0.717, 1.165) is 18.9 Å². The molecule has 0 aliphatic carbocycles. The molecule has 7 nitrogen and oxygen atoms in total. The van der Waals surface area contributed by atoms with Crippen LogP contribution in [-0.2, 0) is 15.7 Å². The van der Waals surface area contributed by atoms with Gasteiger partial charge in [-0.15, -0.1) is 0 Å². The Labute approximate surface area is 135 Å². The second-order valence-electron chi connectivity index (χ2n) is 6.03. The molecular formula is C14H16F3N5O2. The number of alkyl halides is 3. The molecule has 1 spiro atoms. The zero-order valence-electron chi connectivity index (χ0n) is 12.8. The Morgan fingerprint density at radius 2 is 1.96 bits per heavy atom. The highest BCUT2D eigenvalue weighted by atomic mass is 19.4. The fourth-order valence-corrected chi connectivity index (χ4v) is 3.25. The lowest BCUT2D eigenvalue weighted by Gasteiger charge is -2.45. The van der Waals surface area contributed by atoms with Crippen LogP contribution in [0.5, 0.6) is 0 Å². The summed E-state index contributed by atoms with van der Waals surface area (Å²) in [7, 11) is 0. The minimum Gasteiger partial charge on any atom is -0.381 e. The largest absolute Gasteiger partial charge is 0.433 e. The van der Waals surface area contributed by atoms with E-state index in [9.17, 15) is 13.2 Å². The molecule has 130 valence electrons. The van der Waals surface area contributed by atoms with Crippen LogP contribution in [0, 0.1) is 0 Å². The normalized spacial score (nSPS) is 21.5. The van der Waals surface area contributed by atoms with Gasteiger partial charge in [-0.05, 0) is 0 Å². The van der Waals surface area contributed by atoms with Crippen LogP contribution in [0.25, 0.3) is 5.78 Å². The van der Waals surface area contributed by atoms with Crippen molar-refractivity contribution in [3.8, 4) is 0 Å². The van der Waals surface area contributed by atoms with Gasteiger partial charge >= 0.3 is 6.18 Å². The quantitative estimate of drug-likeness (QED) is 0.782. The molecule has 0 amide bonds. The molecule has 0 unspecified atom stereocenters. The van der Waals surface area contributed by atoms with Gasteiger partial charge in [-0.25, -0.2) is 4.98 Å². The van der Waals surface area contributed by atoms with Crippen molar-refractivity contribution in [3.05, 3.63) is 18.1 Å². The Balaban J connectivity index is 1.73. The second-order valence-corrected chi connectivity index (χ2v) is 6.03. The van der Waals surface area contributed by atoms with Crippen LogP contribution in [0.3, 0.4) is 0 Å². The molecule has 0 atom stereocenters. The van der Waals surface area contributed by atoms with E-state index >= 15 is 0 Å². The summed E-state index contributed by atoms with van der Waals surface area (Å²) in [5.41, 5.74) is -1.35. The van der Waals surface area contributed by atoms with Crippen LogP contribution in [0.1, 0.15) is 18.5 Å². The number of hydrogen-bond acceptors (Lipinski definition) is 6. The molecule has 2 aliphatic heterocycles. The molecule has 0 saturated carbocycles. The summed E-state index contributed by atoms with van der Waals surface area (Å²) in [6, 6.07) is 1.03. The predicted octanol–water partition coefficient (Wildman–Crippen LogP) is 1.53. The second kappa shape index (κ2) is 5.55. The lowest BCUT2D eigenvalue weighted by Crippen LogP contribution is -2.55. The lowest BCUT2D eigenvalue weighted by atomic mass is 9.92. The first kappa shape index (κ1) is 15.6. The van der Waals surface area contributed by atoms with Gasteiger partial charge in [-0.3, -0.25) is 0 Å². The minimum absolute atomic E-state index is 0.0626. The highest BCUT2D eigenvalue weighted by Gasteiger charge is 2.40. The summed E-state index contributed by atoms with van der Waals surface area (Å²) in [4.78, 5) is 9.24. The van der Waals surface area contributed by atoms with Gasteiger partial charge in [0.05, 0.1) is 12.2 Å². The third kappa shape index (κ3) is 2.69. The van der Waals surface area contributed by atoms with Crippen molar-refractivity contribution in [2.75, 3.05) is 37.8 Å². The summed E-state index contributed by atoms with van der Waals surface area (Å²) in [5, 5.41) is 4.02.